The zero-order chi connectivity index (χ0) is 15.5. The van der Waals surface area contributed by atoms with Gasteiger partial charge < -0.3 is 14.6 Å². The molecule has 0 radical (unpaired) electrons. The average Bonchev–Trinajstić information content (AvgIpc) is 2.58. The normalized spacial score (nSPS) is 10.8. The van der Waals surface area contributed by atoms with E-state index in [0.29, 0.717) is 6.61 Å². The molecule has 0 aliphatic rings. The zero-order valence-corrected chi connectivity index (χ0v) is 12.7. The highest BCUT2D eigenvalue weighted by Gasteiger charge is 1.93. The Morgan fingerprint density at radius 2 is 1.50 bits per heavy atom. The summed E-state index contributed by atoms with van der Waals surface area (Å²) in [5.74, 6) is 1.70. The average molecular weight is 298 g/mol. The SMILES string of the molecule is OCCOc1ccc(/C=C\CCCOc2ccccc2)cc1. The second kappa shape index (κ2) is 9.64. The van der Waals surface area contributed by atoms with Crippen LogP contribution < -0.4 is 9.47 Å². The number of rotatable bonds is 9. The Morgan fingerprint density at radius 3 is 2.23 bits per heavy atom. The van der Waals surface area contributed by atoms with Gasteiger partial charge in [-0.2, -0.15) is 0 Å². The Labute approximate surface area is 131 Å². The second-order valence-electron chi connectivity index (χ2n) is 4.85. The molecular formula is C19H22O3. The van der Waals surface area contributed by atoms with Gasteiger partial charge in [0.1, 0.15) is 18.1 Å². The molecule has 0 atom stereocenters. The number of allylic oxidation sites excluding steroid dienone is 1. The largest absolute Gasteiger partial charge is 0.494 e. The van der Waals surface area contributed by atoms with Crippen LogP contribution in [-0.2, 0) is 0 Å². The molecule has 1 N–H and O–H groups in total. The van der Waals surface area contributed by atoms with Crippen molar-refractivity contribution in [2.75, 3.05) is 19.8 Å². The van der Waals surface area contributed by atoms with E-state index in [1.165, 1.54) is 0 Å². The van der Waals surface area contributed by atoms with Crippen LogP contribution in [0.25, 0.3) is 6.08 Å². The third-order valence-electron chi connectivity index (χ3n) is 3.08. The van der Waals surface area contributed by atoms with E-state index in [9.17, 15) is 0 Å². The molecule has 0 heterocycles. The van der Waals surface area contributed by atoms with Crippen molar-refractivity contribution in [3.8, 4) is 11.5 Å². The van der Waals surface area contributed by atoms with E-state index >= 15 is 0 Å². The summed E-state index contributed by atoms with van der Waals surface area (Å²) < 4.78 is 11.0. The number of hydrogen-bond donors (Lipinski definition) is 1. The van der Waals surface area contributed by atoms with Gasteiger partial charge in [-0.1, -0.05) is 42.5 Å². The van der Waals surface area contributed by atoms with Crippen molar-refractivity contribution in [1.82, 2.24) is 0 Å². The molecule has 0 fully saturated rings. The summed E-state index contributed by atoms with van der Waals surface area (Å²) in [7, 11) is 0. The van der Waals surface area contributed by atoms with Gasteiger partial charge in [-0.05, 0) is 42.7 Å². The molecule has 0 unspecified atom stereocenters. The molecule has 0 aromatic heterocycles. The van der Waals surface area contributed by atoms with Crippen molar-refractivity contribution in [3.63, 3.8) is 0 Å². The predicted molar refractivity (Wildman–Crippen MR) is 89.2 cm³/mol. The third kappa shape index (κ3) is 6.02. The van der Waals surface area contributed by atoms with E-state index in [4.69, 9.17) is 14.6 Å². The lowest BCUT2D eigenvalue weighted by atomic mass is 10.2. The van der Waals surface area contributed by atoms with Crippen LogP contribution in [0.15, 0.2) is 60.7 Å². The van der Waals surface area contributed by atoms with Crippen molar-refractivity contribution < 1.29 is 14.6 Å². The molecule has 3 heteroatoms. The molecule has 0 aliphatic heterocycles. The third-order valence-corrected chi connectivity index (χ3v) is 3.08. The smallest absolute Gasteiger partial charge is 0.119 e. The first-order valence-corrected chi connectivity index (χ1v) is 7.56. The lowest BCUT2D eigenvalue weighted by Gasteiger charge is -2.04. The topological polar surface area (TPSA) is 38.7 Å². The molecule has 3 nitrogen and oxygen atoms in total. The van der Waals surface area contributed by atoms with Gasteiger partial charge in [-0.25, -0.2) is 0 Å². The Kier molecular flexibility index (Phi) is 7.06. The summed E-state index contributed by atoms with van der Waals surface area (Å²) in [5.41, 5.74) is 1.14. The highest BCUT2D eigenvalue weighted by Crippen LogP contribution is 2.13. The van der Waals surface area contributed by atoms with Gasteiger partial charge in [0.15, 0.2) is 0 Å². The van der Waals surface area contributed by atoms with Crippen LogP contribution in [0.3, 0.4) is 0 Å². The maximum Gasteiger partial charge on any atom is 0.119 e. The molecule has 0 aliphatic carbocycles. The summed E-state index contributed by atoms with van der Waals surface area (Å²) in [6, 6.07) is 17.7. The van der Waals surface area contributed by atoms with Gasteiger partial charge in [-0.3, -0.25) is 0 Å². The molecule has 22 heavy (non-hydrogen) atoms. The molecule has 0 bridgehead atoms. The van der Waals surface area contributed by atoms with Gasteiger partial charge >= 0.3 is 0 Å². The first-order chi connectivity index (χ1) is 10.9. The molecule has 116 valence electrons. The maximum absolute atomic E-state index is 8.70. The molecule has 0 saturated heterocycles. The zero-order valence-electron chi connectivity index (χ0n) is 12.7. The van der Waals surface area contributed by atoms with Crippen LogP contribution >= 0.6 is 0 Å². The fraction of sp³-hybridized carbons (Fsp3) is 0.263. The minimum atomic E-state index is 0.0344. The number of unbranched alkanes of at least 4 members (excludes halogenated alkanes) is 1. The maximum atomic E-state index is 8.70. The monoisotopic (exact) mass is 298 g/mol. The van der Waals surface area contributed by atoms with Crippen molar-refractivity contribution in [3.05, 3.63) is 66.2 Å². The molecule has 2 aromatic carbocycles. The highest BCUT2D eigenvalue weighted by atomic mass is 16.5. The Bertz CT molecular complexity index is 547. The van der Waals surface area contributed by atoms with Gasteiger partial charge in [0.2, 0.25) is 0 Å². The highest BCUT2D eigenvalue weighted by molar-refractivity contribution is 5.50. The summed E-state index contributed by atoms with van der Waals surface area (Å²) in [6.45, 7) is 1.09. The number of ether oxygens (including phenoxy) is 2. The van der Waals surface area contributed by atoms with Gasteiger partial charge in [-0.15, -0.1) is 0 Å². The Hall–Kier alpha value is -2.26. The molecule has 2 aromatic rings. The fourth-order valence-electron chi connectivity index (χ4n) is 1.97. The number of aliphatic hydroxyl groups is 1. The van der Waals surface area contributed by atoms with Gasteiger partial charge in [0.25, 0.3) is 0 Å². The first-order valence-electron chi connectivity index (χ1n) is 7.56. The number of aliphatic hydroxyl groups excluding tert-OH is 1. The van der Waals surface area contributed by atoms with Crippen LogP contribution in [0.5, 0.6) is 11.5 Å². The van der Waals surface area contributed by atoms with Crippen LogP contribution in [0, 0.1) is 0 Å². The van der Waals surface area contributed by atoms with Crippen LogP contribution in [0.4, 0.5) is 0 Å². The minimum absolute atomic E-state index is 0.0344. The van der Waals surface area contributed by atoms with Crippen LogP contribution in [-0.4, -0.2) is 24.9 Å². The number of benzene rings is 2. The summed E-state index contributed by atoms with van der Waals surface area (Å²) in [6.07, 6.45) is 6.22. The van der Waals surface area contributed by atoms with Crippen LogP contribution in [0.1, 0.15) is 18.4 Å². The number of para-hydroxylation sites is 1. The van der Waals surface area contributed by atoms with Gasteiger partial charge in [0, 0.05) is 0 Å². The van der Waals surface area contributed by atoms with Crippen LogP contribution in [0.2, 0.25) is 0 Å². The van der Waals surface area contributed by atoms with E-state index in [-0.39, 0.29) is 6.61 Å². The van der Waals surface area contributed by atoms with E-state index in [1.807, 2.05) is 54.6 Å². The molecule has 2 rings (SSSR count). The molecule has 0 amide bonds. The Balaban J connectivity index is 1.65. The minimum Gasteiger partial charge on any atom is -0.494 e. The van der Waals surface area contributed by atoms with Crippen molar-refractivity contribution in [2.45, 2.75) is 12.8 Å². The van der Waals surface area contributed by atoms with E-state index in [2.05, 4.69) is 12.2 Å². The fourth-order valence-corrected chi connectivity index (χ4v) is 1.97. The number of hydrogen-bond acceptors (Lipinski definition) is 3. The van der Waals surface area contributed by atoms with E-state index in [1.54, 1.807) is 0 Å². The van der Waals surface area contributed by atoms with Crippen molar-refractivity contribution >= 4 is 6.08 Å². The van der Waals surface area contributed by atoms with Crippen molar-refractivity contribution in [2.24, 2.45) is 0 Å². The Morgan fingerprint density at radius 1 is 0.818 bits per heavy atom. The predicted octanol–water partition coefficient (Wildman–Crippen LogP) is 3.93. The van der Waals surface area contributed by atoms with Gasteiger partial charge in [0.05, 0.1) is 13.2 Å². The molecular weight excluding hydrogens is 276 g/mol. The summed E-state index contributed by atoms with van der Waals surface area (Å²) >= 11 is 0. The first kappa shape index (κ1) is 16.1. The quantitative estimate of drug-likeness (QED) is 0.713. The second-order valence-corrected chi connectivity index (χ2v) is 4.85. The lowest BCUT2D eigenvalue weighted by molar-refractivity contribution is 0.201. The van der Waals surface area contributed by atoms with E-state index < -0.39 is 0 Å². The summed E-state index contributed by atoms with van der Waals surface area (Å²) in [4.78, 5) is 0. The molecule has 0 spiro atoms. The van der Waals surface area contributed by atoms with Crippen molar-refractivity contribution in [1.29, 1.82) is 0 Å². The lowest BCUT2D eigenvalue weighted by Crippen LogP contribution is -2.01. The summed E-state index contributed by atoms with van der Waals surface area (Å²) in [5, 5.41) is 8.70. The van der Waals surface area contributed by atoms with E-state index in [0.717, 1.165) is 36.5 Å². The standard InChI is InChI=1S/C19H22O3/c20-14-16-22-19-12-10-17(11-13-19)7-3-2-6-15-21-18-8-4-1-5-9-18/h1,3-5,7-13,20H,2,6,14-16H2/b7-3-. The molecule has 0 saturated carbocycles.